The summed E-state index contributed by atoms with van der Waals surface area (Å²) in [6, 6.07) is 2.97. The van der Waals surface area contributed by atoms with E-state index in [1.54, 1.807) is 25.4 Å². The zero-order valence-electron chi connectivity index (χ0n) is 12.0. The number of hydrogen-bond acceptors (Lipinski definition) is 4. The van der Waals surface area contributed by atoms with Crippen molar-refractivity contribution in [2.24, 2.45) is 11.8 Å². The molecule has 3 rings (SSSR count). The number of pyridine rings is 1. The number of nitrogens with zero attached hydrogens (tertiary/aromatic N) is 2. The lowest BCUT2D eigenvalue weighted by atomic mass is 9.94. The largest absolute Gasteiger partial charge is 0.480 e. The van der Waals surface area contributed by atoms with Crippen molar-refractivity contribution in [3.8, 4) is 0 Å². The predicted octanol–water partition coefficient (Wildman–Crippen LogP) is 1.13. The Morgan fingerprint density at radius 2 is 2.24 bits per heavy atom. The second-order valence-electron chi connectivity index (χ2n) is 5.77. The monoisotopic (exact) mass is 289 g/mol. The van der Waals surface area contributed by atoms with E-state index in [0.29, 0.717) is 11.6 Å². The summed E-state index contributed by atoms with van der Waals surface area (Å²) in [4.78, 5) is 29.3. The molecule has 1 saturated heterocycles. The van der Waals surface area contributed by atoms with Gasteiger partial charge in [-0.3, -0.25) is 9.78 Å². The standard InChI is InChI=1S/C15H19N3O3/c1-16-14(19)12-7-10(5-6-17-12)18-8-9-3-2-4-11(9)13(18)15(20)21/h5-7,9,11,13H,2-4,8H2,1H3,(H,16,19)(H,20,21). The maximum atomic E-state index is 11.7. The topological polar surface area (TPSA) is 82.5 Å². The summed E-state index contributed by atoms with van der Waals surface area (Å²) in [7, 11) is 1.55. The summed E-state index contributed by atoms with van der Waals surface area (Å²) in [5.74, 6) is -0.368. The molecule has 1 aromatic rings. The van der Waals surface area contributed by atoms with Gasteiger partial charge in [0.15, 0.2) is 0 Å². The number of aliphatic carboxylic acids is 1. The van der Waals surface area contributed by atoms with Crippen LogP contribution in [-0.4, -0.2) is 41.6 Å². The van der Waals surface area contributed by atoms with Crippen LogP contribution in [-0.2, 0) is 4.79 Å². The Balaban J connectivity index is 1.92. The highest BCUT2D eigenvalue weighted by Crippen LogP contribution is 2.43. The number of carbonyl (C=O) groups is 2. The van der Waals surface area contributed by atoms with Gasteiger partial charge in [0, 0.05) is 25.5 Å². The number of hydrogen-bond donors (Lipinski definition) is 2. The van der Waals surface area contributed by atoms with Crippen LogP contribution in [0.3, 0.4) is 0 Å². The van der Waals surface area contributed by atoms with E-state index in [1.807, 2.05) is 4.90 Å². The van der Waals surface area contributed by atoms with Crippen LogP contribution in [0, 0.1) is 11.8 Å². The van der Waals surface area contributed by atoms with E-state index in [-0.39, 0.29) is 11.8 Å². The molecule has 21 heavy (non-hydrogen) atoms. The molecule has 0 aromatic carbocycles. The van der Waals surface area contributed by atoms with Crippen molar-refractivity contribution in [2.45, 2.75) is 25.3 Å². The van der Waals surface area contributed by atoms with Crippen molar-refractivity contribution in [3.63, 3.8) is 0 Å². The first-order chi connectivity index (χ1) is 10.1. The third-order valence-electron chi connectivity index (χ3n) is 4.68. The van der Waals surface area contributed by atoms with Crippen LogP contribution in [0.4, 0.5) is 5.69 Å². The zero-order chi connectivity index (χ0) is 15.0. The number of carbonyl (C=O) groups excluding carboxylic acids is 1. The Hall–Kier alpha value is -2.11. The molecule has 1 aliphatic carbocycles. The van der Waals surface area contributed by atoms with E-state index in [1.165, 1.54) is 0 Å². The third-order valence-corrected chi connectivity index (χ3v) is 4.68. The van der Waals surface area contributed by atoms with Crippen molar-refractivity contribution in [3.05, 3.63) is 24.0 Å². The molecule has 1 aromatic heterocycles. The van der Waals surface area contributed by atoms with E-state index >= 15 is 0 Å². The molecular formula is C15H19N3O3. The molecule has 2 N–H and O–H groups in total. The average molecular weight is 289 g/mol. The molecule has 3 atom stereocenters. The fraction of sp³-hybridized carbons (Fsp3) is 0.533. The van der Waals surface area contributed by atoms with Crippen LogP contribution in [0.1, 0.15) is 29.8 Å². The van der Waals surface area contributed by atoms with Crippen LogP contribution < -0.4 is 10.2 Å². The maximum absolute atomic E-state index is 11.7. The number of carboxylic acid groups (broad SMARTS) is 1. The summed E-state index contributed by atoms with van der Waals surface area (Å²) in [6.45, 7) is 0.749. The molecule has 3 unspecified atom stereocenters. The summed E-state index contributed by atoms with van der Waals surface area (Å²) < 4.78 is 0. The Morgan fingerprint density at radius 1 is 1.43 bits per heavy atom. The number of anilines is 1. The summed E-state index contributed by atoms with van der Waals surface area (Å²) in [5, 5.41) is 12.1. The van der Waals surface area contributed by atoms with Gasteiger partial charge < -0.3 is 15.3 Å². The number of carboxylic acids is 1. The van der Waals surface area contributed by atoms with E-state index in [4.69, 9.17) is 0 Å². The second-order valence-corrected chi connectivity index (χ2v) is 5.77. The molecule has 0 radical (unpaired) electrons. The molecular weight excluding hydrogens is 270 g/mol. The van der Waals surface area contributed by atoms with E-state index in [0.717, 1.165) is 31.5 Å². The molecule has 112 valence electrons. The first kappa shape index (κ1) is 13.9. The highest BCUT2D eigenvalue weighted by molar-refractivity contribution is 5.93. The first-order valence-corrected chi connectivity index (χ1v) is 7.29. The van der Waals surface area contributed by atoms with Crippen LogP contribution in [0.25, 0.3) is 0 Å². The lowest BCUT2D eigenvalue weighted by Crippen LogP contribution is -2.39. The van der Waals surface area contributed by atoms with Gasteiger partial charge in [-0.15, -0.1) is 0 Å². The molecule has 6 nitrogen and oxygen atoms in total. The third kappa shape index (κ3) is 2.34. The van der Waals surface area contributed by atoms with Crippen LogP contribution in [0.5, 0.6) is 0 Å². The predicted molar refractivity (Wildman–Crippen MR) is 77.2 cm³/mol. The molecule has 2 aliphatic rings. The highest BCUT2D eigenvalue weighted by atomic mass is 16.4. The van der Waals surface area contributed by atoms with E-state index in [9.17, 15) is 14.7 Å². The smallest absolute Gasteiger partial charge is 0.326 e. The quantitative estimate of drug-likeness (QED) is 0.871. The van der Waals surface area contributed by atoms with Crippen molar-refractivity contribution in [1.29, 1.82) is 0 Å². The Kier molecular flexibility index (Phi) is 3.53. The minimum atomic E-state index is -0.775. The van der Waals surface area contributed by atoms with Crippen molar-refractivity contribution >= 4 is 17.6 Å². The number of amides is 1. The Labute approximate surface area is 123 Å². The molecule has 2 heterocycles. The van der Waals surface area contributed by atoms with Crippen LogP contribution in [0.2, 0.25) is 0 Å². The van der Waals surface area contributed by atoms with Gasteiger partial charge in [-0.2, -0.15) is 0 Å². The van der Waals surface area contributed by atoms with Crippen LogP contribution >= 0.6 is 0 Å². The molecule has 1 saturated carbocycles. The molecule has 0 spiro atoms. The minimum absolute atomic E-state index is 0.221. The maximum Gasteiger partial charge on any atom is 0.326 e. The van der Waals surface area contributed by atoms with Gasteiger partial charge in [0.25, 0.3) is 5.91 Å². The molecule has 2 fully saturated rings. The summed E-state index contributed by atoms with van der Waals surface area (Å²) in [5.41, 5.74) is 1.08. The normalized spacial score (nSPS) is 27.5. The number of aromatic nitrogens is 1. The summed E-state index contributed by atoms with van der Waals surface area (Å²) in [6.07, 6.45) is 4.75. The van der Waals surface area contributed by atoms with Crippen LogP contribution in [0.15, 0.2) is 18.3 Å². The van der Waals surface area contributed by atoms with E-state index in [2.05, 4.69) is 10.3 Å². The molecule has 0 bridgehead atoms. The Bertz CT molecular complexity index is 575. The van der Waals surface area contributed by atoms with Gasteiger partial charge in [0.2, 0.25) is 0 Å². The van der Waals surface area contributed by atoms with Gasteiger partial charge in [-0.05, 0) is 36.8 Å². The van der Waals surface area contributed by atoms with Crippen molar-refractivity contribution in [1.82, 2.24) is 10.3 Å². The minimum Gasteiger partial charge on any atom is -0.480 e. The second kappa shape index (κ2) is 5.35. The fourth-order valence-corrected chi connectivity index (χ4v) is 3.74. The van der Waals surface area contributed by atoms with Gasteiger partial charge in [-0.25, -0.2) is 4.79 Å². The lowest BCUT2D eigenvalue weighted by molar-refractivity contribution is -0.139. The number of nitrogens with one attached hydrogen (secondary N) is 1. The molecule has 1 aliphatic heterocycles. The van der Waals surface area contributed by atoms with E-state index < -0.39 is 12.0 Å². The lowest BCUT2D eigenvalue weighted by Gasteiger charge is -2.26. The Morgan fingerprint density at radius 3 is 2.95 bits per heavy atom. The highest BCUT2D eigenvalue weighted by Gasteiger charge is 2.47. The molecule has 1 amide bonds. The van der Waals surface area contributed by atoms with Crippen molar-refractivity contribution < 1.29 is 14.7 Å². The van der Waals surface area contributed by atoms with Gasteiger partial charge in [-0.1, -0.05) is 6.42 Å². The number of rotatable bonds is 3. The molecule has 6 heteroatoms. The van der Waals surface area contributed by atoms with Gasteiger partial charge in [0.1, 0.15) is 11.7 Å². The average Bonchev–Trinajstić information content (AvgIpc) is 3.06. The zero-order valence-corrected chi connectivity index (χ0v) is 12.0. The fourth-order valence-electron chi connectivity index (χ4n) is 3.74. The van der Waals surface area contributed by atoms with Gasteiger partial charge >= 0.3 is 5.97 Å². The number of fused-ring (bicyclic) bond motifs is 1. The van der Waals surface area contributed by atoms with Crippen molar-refractivity contribution in [2.75, 3.05) is 18.5 Å². The summed E-state index contributed by atoms with van der Waals surface area (Å²) >= 11 is 0. The SMILES string of the molecule is CNC(=O)c1cc(N2CC3CCCC3C2C(=O)O)ccn1. The van der Waals surface area contributed by atoms with Gasteiger partial charge in [0.05, 0.1) is 0 Å². The first-order valence-electron chi connectivity index (χ1n) is 7.29.